The van der Waals surface area contributed by atoms with Gasteiger partial charge in [0, 0.05) is 27.7 Å². The van der Waals surface area contributed by atoms with Gasteiger partial charge >= 0.3 is 0 Å². The molecular formula is C28H46O2S. The highest BCUT2D eigenvalue weighted by molar-refractivity contribution is 7.85. The van der Waals surface area contributed by atoms with Crippen LogP contribution in [0.1, 0.15) is 86.5 Å². The van der Waals surface area contributed by atoms with Crippen molar-refractivity contribution in [3.8, 4) is 0 Å². The third-order valence-corrected chi connectivity index (χ3v) is 12.3. The van der Waals surface area contributed by atoms with Gasteiger partial charge in [0.2, 0.25) is 0 Å². The summed E-state index contributed by atoms with van der Waals surface area (Å²) in [5, 5.41) is 10.7. The minimum absolute atomic E-state index is 0.0845. The molecule has 0 bridgehead atoms. The lowest BCUT2D eigenvalue weighted by Gasteiger charge is -2.61. The predicted octanol–water partition coefficient (Wildman–Crippen LogP) is 6.52. The highest BCUT2D eigenvalue weighted by Crippen LogP contribution is 2.68. The molecule has 0 spiro atoms. The van der Waals surface area contributed by atoms with Gasteiger partial charge in [0.05, 0.1) is 6.10 Å². The molecule has 176 valence electrons. The second-order valence-corrected chi connectivity index (χ2v) is 14.3. The first kappa shape index (κ1) is 23.7. The van der Waals surface area contributed by atoms with Gasteiger partial charge in [-0.3, -0.25) is 4.21 Å². The molecule has 0 radical (unpaired) electrons. The Balaban J connectivity index is 1.56. The summed E-state index contributed by atoms with van der Waals surface area (Å²) in [5.74, 6) is 5.09. The number of fused-ring (bicyclic) bond motifs is 5. The summed E-state index contributed by atoms with van der Waals surface area (Å²) in [5.41, 5.74) is 3.18. The number of allylic oxidation sites excluding steroid dienone is 1. The van der Waals surface area contributed by atoms with Gasteiger partial charge in [-0.25, -0.2) is 0 Å². The van der Waals surface area contributed by atoms with Gasteiger partial charge in [-0.15, -0.1) is 0 Å². The lowest BCUT2D eigenvalue weighted by molar-refractivity contribution is -0.0770. The fourth-order valence-electron chi connectivity index (χ4n) is 9.11. The Hall–Kier alpha value is -0.410. The summed E-state index contributed by atoms with van der Waals surface area (Å²) >= 11 is 0. The van der Waals surface area contributed by atoms with Crippen molar-refractivity contribution in [1.82, 2.24) is 0 Å². The molecule has 4 rings (SSSR count). The van der Waals surface area contributed by atoms with Crippen LogP contribution >= 0.6 is 0 Å². The van der Waals surface area contributed by atoms with Gasteiger partial charge in [0.1, 0.15) is 0 Å². The van der Waals surface area contributed by atoms with Crippen LogP contribution in [-0.2, 0) is 10.8 Å². The Morgan fingerprint density at radius 2 is 1.87 bits per heavy atom. The van der Waals surface area contributed by atoms with Crippen molar-refractivity contribution >= 4 is 10.8 Å². The molecule has 9 atom stereocenters. The van der Waals surface area contributed by atoms with Crippen LogP contribution < -0.4 is 0 Å². The topological polar surface area (TPSA) is 37.3 Å². The van der Waals surface area contributed by atoms with Crippen LogP contribution in [0.3, 0.4) is 0 Å². The van der Waals surface area contributed by atoms with Crippen LogP contribution in [0.2, 0.25) is 0 Å². The third kappa shape index (κ3) is 3.74. The van der Waals surface area contributed by atoms with Gasteiger partial charge in [0.25, 0.3) is 0 Å². The van der Waals surface area contributed by atoms with Crippen molar-refractivity contribution in [3.05, 3.63) is 23.8 Å². The lowest BCUT2D eigenvalue weighted by atomic mass is 9.44. The van der Waals surface area contributed by atoms with E-state index in [4.69, 9.17) is 0 Å². The third-order valence-electron chi connectivity index (χ3n) is 10.5. The van der Waals surface area contributed by atoms with Crippen molar-refractivity contribution < 1.29 is 9.32 Å². The summed E-state index contributed by atoms with van der Waals surface area (Å²) in [7, 11) is -0.772. The number of aliphatic hydroxyl groups is 1. The average Bonchev–Trinajstić information content (AvgIpc) is 3.02. The summed E-state index contributed by atoms with van der Waals surface area (Å²) in [6.45, 7) is 18.0. The van der Waals surface area contributed by atoms with E-state index < -0.39 is 10.8 Å². The molecular weight excluding hydrogens is 400 g/mol. The molecule has 0 unspecified atom stereocenters. The van der Waals surface area contributed by atoms with Crippen LogP contribution in [0.5, 0.6) is 0 Å². The molecule has 4 aliphatic carbocycles. The number of rotatable bonds is 5. The molecule has 0 aromatic carbocycles. The monoisotopic (exact) mass is 446 g/mol. The average molecular weight is 447 g/mol. The molecule has 4 aliphatic rings. The molecule has 31 heavy (non-hydrogen) atoms. The van der Waals surface area contributed by atoms with E-state index in [1.165, 1.54) is 32.1 Å². The number of hydrogen-bond donors (Lipinski definition) is 1. The largest absolute Gasteiger partial charge is 0.392 e. The van der Waals surface area contributed by atoms with Gasteiger partial charge < -0.3 is 5.11 Å². The Bertz CT molecular complexity index is 782. The second-order valence-electron chi connectivity index (χ2n) is 12.8. The van der Waals surface area contributed by atoms with Gasteiger partial charge in [-0.1, -0.05) is 58.4 Å². The highest BCUT2D eigenvalue weighted by atomic mass is 32.2. The summed E-state index contributed by atoms with van der Waals surface area (Å²) in [4.78, 5) is 0. The van der Waals surface area contributed by atoms with Crippen LogP contribution in [0, 0.1) is 45.8 Å². The first-order valence-electron chi connectivity index (χ1n) is 12.8. The molecule has 1 N–H and O–H groups in total. The van der Waals surface area contributed by atoms with E-state index in [0.717, 1.165) is 41.9 Å². The maximum Gasteiger partial charge on any atom is 0.0628 e. The standard InChI is InChI=1S/C28H46O2S/c1-18(2)16-31(30)17-19(3)21-9-10-22-20-8-11-24-26(4,5)25(29)13-15-28(24,7)23(20)12-14-27(21,22)6/h11,19-23,25,29H,1,8-10,12-17H2,2-7H3/t19-,20+,21-,22+,23+,25+,27-,28-,31+/m1/s1. The van der Waals surface area contributed by atoms with Gasteiger partial charge in [-0.2, -0.15) is 0 Å². The quantitative estimate of drug-likeness (QED) is 0.488. The highest BCUT2D eigenvalue weighted by Gasteiger charge is 2.61. The first-order valence-corrected chi connectivity index (χ1v) is 14.3. The molecule has 0 aromatic heterocycles. The van der Waals surface area contributed by atoms with E-state index in [0.29, 0.717) is 23.0 Å². The molecule has 2 nitrogen and oxygen atoms in total. The normalized spacial score (nSPS) is 45.6. The van der Waals surface area contributed by atoms with Crippen molar-refractivity contribution in [1.29, 1.82) is 0 Å². The van der Waals surface area contributed by atoms with Crippen molar-refractivity contribution in [2.24, 2.45) is 45.8 Å². The molecule has 0 aromatic rings. The van der Waals surface area contributed by atoms with Crippen LogP contribution in [0.15, 0.2) is 23.8 Å². The number of hydrogen-bond acceptors (Lipinski definition) is 2. The zero-order valence-electron chi connectivity index (χ0n) is 20.9. The molecule has 0 amide bonds. The molecule has 0 heterocycles. The summed E-state index contributed by atoms with van der Waals surface area (Å²) in [6.07, 6.45) is 11.0. The van der Waals surface area contributed by atoms with E-state index >= 15 is 0 Å². The van der Waals surface area contributed by atoms with E-state index in [1.54, 1.807) is 5.57 Å². The zero-order chi connectivity index (χ0) is 22.8. The fourth-order valence-corrected chi connectivity index (χ4v) is 10.6. The Morgan fingerprint density at radius 1 is 1.16 bits per heavy atom. The molecule has 0 aliphatic heterocycles. The predicted molar refractivity (Wildman–Crippen MR) is 132 cm³/mol. The minimum Gasteiger partial charge on any atom is -0.392 e. The van der Waals surface area contributed by atoms with Gasteiger partial charge in [-0.05, 0) is 92.3 Å². The SMILES string of the molecule is C=C(C)C[S@](=O)C[C@@H](C)[C@H]1CC[C@H]2[C@@H]3CC=C4C(C)(C)[C@@H](O)CC[C@]4(C)[C@H]3CC[C@]12C. The van der Waals surface area contributed by atoms with E-state index in [2.05, 4.69) is 47.3 Å². The molecule has 3 fully saturated rings. The first-order chi connectivity index (χ1) is 14.4. The van der Waals surface area contributed by atoms with Crippen LogP contribution in [0.25, 0.3) is 0 Å². The maximum absolute atomic E-state index is 12.6. The fraction of sp³-hybridized carbons (Fsp3) is 0.857. The van der Waals surface area contributed by atoms with E-state index in [-0.39, 0.29) is 16.9 Å². The number of aliphatic hydroxyl groups excluding tert-OH is 1. The molecule has 0 saturated heterocycles. The second kappa shape index (κ2) is 8.12. The van der Waals surface area contributed by atoms with E-state index in [9.17, 15) is 9.32 Å². The Kier molecular flexibility index (Phi) is 6.21. The van der Waals surface area contributed by atoms with Crippen molar-refractivity contribution in [2.45, 2.75) is 92.6 Å². The summed E-state index contributed by atoms with van der Waals surface area (Å²) in [6, 6.07) is 0. The van der Waals surface area contributed by atoms with Crippen LogP contribution in [0.4, 0.5) is 0 Å². The Morgan fingerprint density at radius 3 is 2.55 bits per heavy atom. The Labute approximate surface area is 193 Å². The summed E-state index contributed by atoms with van der Waals surface area (Å²) < 4.78 is 12.6. The van der Waals surface area contributed by atoms with E-state index in [1.807, 2.05) is 6.92 Å². The van der Waals surface area contributed by atoms with Crippen molar-refractivity contribution in [2.75, 3.05) is 11.5 Å². The zero-order valence-corrected chi connectivity index (χ0v) is 21.7. The van der Waals surface area contributed by atoms with Gasteiger partial charge in [0.15, 0.2) is 0 Å². The molecule has 3 saturated carbocycles. The smallest absolute Gasteiger partial charge is 0.0628 e. The lowest BCUT2D eigenvalue weighted by Crippen LogP contribution is -2.54. The minimum atomic E-state index is -0.772. The van der Waals surface area contributed by atoms with Crippen molar-refractivity contribution in [3.63, 3.8) is 0 Å². The molecule has 3 heteroatoms. The van der Waals surface area contributed by atoms with Crippen LogP contribution in [-0.4, -0.2) is 26.9 Å². The maximum atomic E-state index is 12.6.